The lowest BCUT2D eigenvalue weighted by Crippen LogP contribution is -2.60. The topological polar surface area (TPSA) is 113 Å². The van der Waals surface area contributed by atoms with Gasteiger partial charge in [0.2, 0.25) is 17.8 Å². The number of anilines is 1. The molecular weight excluding hydrogens is 308 g/mol. The van der Waals surface area contributed by atoms with E-state index in [1.165, 1.54) is 0 Å². The summed E-state index contributed by atoms with van der Waals surface area (Å²) < 4.78 is 0. The van der Waals surface area contributed by atoms with Crippen molar-refractivity contribution in [2.45, 2.75) is 45.2 Å². The average Bonchev–Trinajstić information content (AvgIpc) is 3.34. The first-order valence-electron chi connectivity index (χ1n) is 8.36. The molecule has 1 saturated carbocycles. The molecule has 130 valence electrons. The molecule has 0 spiro atoms. The third-order valence-corrected chi connectivity index (χ3v) is 4.56. The fraction of sp³-hybridized carbons (Fsp3) is 0.625. The van der Waals surface area contributed by atoms with Gasteiger partial charge in [-0.15, -0.1) is 0 Å². The summed E-state index contributed by atoms with van der Waals surface area (Å²) in [6.07, 6.45) is 2.24. The van der Waals surface area contributed by atoms with E-state index in [0.29, 0.717) is 31.0 Å². The van der Waals surface area contributed by atoms with Crippen molar-refractivity contribution in [3.05, 3.63) is 17.0 Å². The van der Waals surface area contributed by atoms with E-state index in [4.69, 9.17) is 5.73 Å². The number of nitrogens with zero attached hydrogens (tertiary/aromatic N) is 3. The van der Waals surface area contributed by atoms with Crippen molar-refractivity contribution in [1.82, 2.24) is 25.5 Å². The average molecular weight is 332 g/mol. The van der Waals surface area contributed by atoms with Crippen LogP contribution in [0.1, 0.15) is 29.8 Å². The molecule has 8 nitrogen and oxygen atoms in total. The van der Waals surface area contributed by atoms with Crippen LogP contribution in [0.2, 0.25) is 0 Å². The number of nitrogen functional groups attached to an aromatic ring is 1. The standard InChI is InChI=1S/C16H24N6O2/c1-9-12(10(2)20-16(17)19-9)7-14(23)22-6-5-18-8-13(22)15(24)21-11-3-4-11/h11,13,18H,3-8H2,1-2H3,(H,21,24)(H2,17,19,20)/t13-/m1/s1. The van der Waals surface area contributed by atoms with E-state index < -0.39 is 6.04 Å². The Morgan fingerprint density at radius 2 is 1.96 bits per heavy atom. The van der Waals surface area contributed by atoms with E-state index in [-0.39, 0.29) is 30.2 Å². The molecule has 0 bridgehead atoms. The van der Waals surface area contributed by atoms with Crippen LogP contribution in [0.3, 0.4) is 0 Å². The van der Waals surface area contributed by atoms with E-state index in [0.717, 1.165) is 18.4 Å². The van der Waals surface area contributed by atoms with Crippen LogP contribution in [0.5, 0.6) is 0 Å². The van der Waals surface area contributed by atoms with Crippen molar-refractivity contribution >= 4 is 17.8 Å². The van der Waals surface area contributed by atoms with Gasteiger partial charge in [0.15, 0.2) is 0 Å². The van der Waals surface area contributed by atoms with Crippen LogP contribution in [-0.4, -0.2) is 58.4 Å². The molecule has 2 amide bonds. The Bertz CT molecular complexity index is 635. The number of piperazine rings is 1. The molecule has 1 saturated heterocycles. The van der Waals surface area contributed by atoms with Gasteiger partial charge < -0.3 is 21.3 Å². The summed E-state index contributed by atoms with van der Waals surface area (Å²) in [6.45, 7) is 5.34. The number of aromatic nitrogens is 2. The second kappa shape index (κ2) is 6.72. The number of carbonyl (C=O) groups excluding carboxylic acids is 2. The van der Waals surface area contributed by atoms with Gasteiger partial charge in [0, 0.05) is 42.6 Å². The predicted molar refractivity (Wildman–Crippen MR) is 89.2 cm³/mol. The lowest BCUT2D eigenvalue weighted by Gasteiger charge is -2.35. The molecule has 0 aromatic carbocycles. The Kier molecular flexibility index (Phi) is 4.66. The third-order valence-electron chi connectivity index (χ3n) is 4.56. The van der Waals surface area contributed by atoms with Crippen LogP contribution in [0.25, 0.3) is 0 Å². The largest absolute Gasteiger partial charge is 0.368 e. The molecular formula is C16H24N6O2. The number of hydrogen-bond acceptors (Lipinski definition) is 6. The first-order valence-corrected chi connectivity index (χ1v) is 8.36. The highest BCUT2D eigenvalue weighted by Gasteiger charge is 2.35. The second-order valence-corrected chi connectivity index (χ2v) is 6.50. The normalized spacial score (nSPS) is 20.8. The molecule has 1 aromatic heterocycles. The van der Waals surface area contributed by atoms with E-state index in [9.17, 15) is 9.59 Å². The van der Waals surface area contributed by atoms with Crippen molar-refractivity contribution in [1.29, 1.82) is 0 Å². The fourth-order valence-electron chi connectivity index (χ4n) is 3.04. The molecule has 2 fully saturated rings. The Morgan fingerprint density at radius 3 is 2.58 bits per heavy atom. The van der Waals surface area contributed by atoms with Crippen molar-refractivity contribution in [2.75, 3.05) is 25.4 Å². The van der Waals surface area contributed by atoms with Gasteiger partial charge in [0.05, 0.1) is 6.42 Å². The maximum Gasteiger partial charge on any atom is 0.244 e. The Morgan fingerprint density at radius 1 is 1.29 bits per heavy atom. The highest BCUT2D eigenvalue weighted by atomic mass is 16.2. The Labute approximate surface area is 141 Å². The maximum atomic E-state index is 12.8. The molecule has 8 heteroatoms. The molecule has 24 heavy (non-hydrogen) atoms. The van der Waals surface area contributed by atoms with Gasteiger partial charge in [-0.1, -0.05) is 0 Å². The fourth-order valence-corrected chi connectivity index (χ4v) is 3.04. The zero-order valence-electron chi connectivity index (χ0n) is 14.1. The Hall–Kier alpha value is -2.22. The monoisotopic (exact) mass is 332 g/mol. The van der Waals surface area contributed by atoms with Crippen molar-refractivity contribution < 1.29 is 9.59 Å². The number of rotatable bonds is 4. The highest BCUT2D eigenvalue weighted by molar-refractivity contribution is 5.89. The lowest BCUT2D eigenvalue weighted by molar-refractivity contribution is -0.141. The molecule has 0 radical (unpaired) electrons. The van der Waals surface area contributed by atoms with Gasteiger partial charge in [-0.25, -0.2) is 9.97 Å². The molecule has 1 aromatic rings. The minimum atomic E-state index is -0.456. The van der Waals surface area contributed by atoms with Crippen molar-refractivity contribution in [3.63, 3.8) is 0 Å². The summed E-state index contributed by atoms with van der Waals surface area (Å²) in [7, 11) is 0. The molecule has 1 aliphatic heterocycles. The van der Waals surface area contributed by atoms with Gasteiger partial charge in [-0.3, -0.25) is 9.59 Å². The number of hydrogen-bond donors (Lipinski definition) is 3. The van der Waals surface area contributed by atoms with Crippen LogP contribution in [0, 0.1) is 13.8 Å². The molecule has 4 N–H and O–H groups in total. The molecule has 2 heterocycles. The van der Waals surface area contributed by atoms with Crippen molar-refractivity contribution in [3.8, 4) is 0 Å². The highest BCUT2D eigenvalue weighted by Crippen LogP contribution is 2.20. The lowest BCUT2D eigenvalue weighted by atomic mass is 10.1. The number of nitrogens with one attached hydrogen (secondary N) is 2. The van der Waals surface area contributed by atoms with Gasteiger partial charge >= 0.3 is 0 Å². The molecule has 0 unspecified atom stereocenters. The van der Waals surface area contributed by atoms with Crippen LogP contribution >= 0.6 is 0 Å². The number of carbonyl (C=O) groups is 2. The first kappa shape index (κ1) is 16.6. The van der Waals surface area contributed by atoms with E-state index in [2.05, 4.69) is 20.6 Å². The summed E-state index contributed by atoms with van der Waals surface area (Å²) in [5.41, 5.74) is 7.84. The zero-order valence-corrected chi connectivity index (χ0v) is 14.1. The maximum absolute atomic E-state index is 12.8. The summed E-state index contributed by atoms with van der Waals surface area (Å²) in [4.78, 5) is 35.2. The zero-order chi connectivity index (χ0) is 17.3. The van der Waals surface area contributed by atoms with Crippen LogP contribution in [0.4, 0.5) is 5.95 Å². The molecule has 1 atom stereocenters. The predicted octanol–water partition coefficient (Wildman–Crippen LogP) is -0.703. The summed E-state index contributed by atoms with van der Waals surface area (Å²) in [6, 6.07) is -0.173. The summed E-state index contributed by atoms with van der Waals surface area (Å²) in [5, 5.41) is 6.18. The van der Waals surface area contributed by atoms with Gasteiger partial charge in [-0.2, -0.15) is 0 Å². The van der Waals surface area contributed by atoms with Crippen molar-refractivity contribution in [2.24, 2.45) is 0 Å². The smallest absolute Gasteiger partial charge is 0.244 e. The van der Waals surface area contributed by atoms with Gasteiger partial charge in [-0.05, 0) is 26.7 Å². The minimum Gasteiger partial charge on any atom is -0.368 e. The van der Waals surface area contributed by atoms with Crippen LogP contribution < -0.4 is 16.4 Å². The number of nitrogens with two attached hydrogens (primary N) is 1. The first-order chi connectivity index (χ1) is 11.5. The third kappa shape index (κ3) is 3.64. The molecule has 1 aliphatic carbocycles. The summed E-state index contributed by atoms with van der Waals surface area (Å²) >= 11 is 0. The van der Waals surface area contributed by atoms with Crippen LogP contribution in [0.15, 0.2) is 0 Å². The quantitative estimate of drug-likeness (QED) is 0.672. The Balaban J connectivity index is 1.73. The number of aryl methyl sites for hydroxylation is 2. The number of amides is 2. The molecule has 3 rings (SSSR count). The van der Waals surface area contributed by atoms with Gasteiger partial charge in [0.25, 0.3) is 0 Å². The minimum absolute atomic E-state index is 0.0694. The van der Waals surface area contributed by atoms with E-state index in [1.54, 1.807) is 4.90 Å². The SMILES string of the molecule is Cc1nc(N)nc(C)c1CC(=O)N1CCNC[C@@H]1C(=O)NC1CC1. The van der Waals surface area contributed by atoms with E-state index >= 15 is 0 Å². The second-order valence-electron chi connectivity index (χ2n) is 6.50. The van der Waals surface area contributed by atoms with Gasteiger partial charge in [0.1, 0.15) is 6.04 Å². The summed E-state index contributed by atoms with van der Waals surface area (Å²) in [5.74, 6) is 0.0668. The van der Waals surface area contributed by atoms with Crippen LogP contribution in [-0.2, 0) is 16.0 Å². The molecule has 2 aliphatic rings. The van der Waals surface area contributed by atoms with E-state index in [1.807, 2.05) is 13.8 Å².